The number of aryl methyl sites for hydroxylation is 1. The van der Waals surface area contributed by atoms with Crippen LogP contribution in [0.2, 0.25) is 0 Å². The Hall–Kier alpha value is -2.23. The third-order valence-corrected chi connectivity index (χ3v) is 5.71. The highest BCUT2D eigenvalue weighted by molar-refractivity contribution is 7.89. The molecule has 3 rings (SSSR count). The Morgan fingerprint density at radius 1 is 1.32 bits per heavy atom. The molecule has 0 aliphatic carbocycles. The van der Waals surface area contributed by atoms with Gasteiger partial charge in [-0.3, -0.25) is 4.68 Å². The van der Waals surface area contributed by atoms with Gasteiger partial charge in [0.1, 0.15) is 6.61 Å². The summed E-state index contributed by atoms with van der Waals surface area (Å²) in [5.41, 5.74) is 0.950. The molecule has 2 aromatic rings. The fourth-order valence-corrected chi connectivity index (χ4v) is 3.97. The summed E-state index contributed by atoms with van der Waals surface area (Å²) in [5, 5.41) is 3.91. The summed E-state index contributed by atoms with van der Waals surface area (Å²) in [4.78, 5) is 12.1. The Morgan fingerprint density at radius 3 is 2.76 bits per heavy atom. The zero-order chi connectivity index (χ0) is 17.9. The van der Waals surface area contributed by atoms with Crippen molar-refractivity contribution in [2.45, 2.75) is 11.5 Å². The van der Waals surface area contributed by atoms with Crippen molar-refractivity contribution in [3.05, 3.63) is 47.8 Å². The Bertz CT molecular complexity index is 856. The minimum atomic E-state index is -3.57. The lowest BCUT2D eigenvalue weighted by Gasteiger charge is -2.26. The van der Waals surface area contributed by atoms with Crippen molar-refractivity contribution in [2.75, 3.05) is 26.3 Å². The predicted molar refractivity (Wildman–Crippen MR) is 88.3 cm³/mol. The van der Waals surface area contributed by atoms with Crippen LogP contribution < -0.4 is 0 Å². The number of morpholine rings is 1. The molecule has 134 valence electrons. The summed E-state index contributed by atoms with van der Waals surface area (Å²) in [6.07, 6.45) is 2.98. The molecule has 1 saturated heterocycles. The van der Waals surface area contributed by atoms with E-state index >= 15 is 0 Å². The van der Waals surface area contributed by atoms with E-state index < -0.39 is 16.0 Å². The number of carbonyl (C=O) groups is 1. The van der Waals surface area contributed by atoms with Gasteiger partial charge in [-0.15, -0.1) is 0 Å². The van der Waals surface area contributed by atoms with Crippen LogP contribution in [0, 0.1) is 0 Å². The summed E-state index contributed by atoms with van der Waals surface area (Å²) < 4.78 is 38.6. The lowest BCUT2D eigenvalue weighted by atomic mass is 10.2. The molecule has 0 bridgehead atoms. The van der Waals surface area contributed by atoms with Crippen LogP contribution in [0.1, 0.15) is 15.9 Å². The first-order valence-electron chi connectivity index (χ1n) is 7.79. The van der Waals surface area contributed by atoms with Crippen molar-refractivity contribution in [1.29, 1.82) is 0 Å². The normalized spacial score (nSPS) is 15.9. The number of nitrogens with zero attached hydrogens (tertiary/aromatic N) is 3. The Kier molecular flexibility index (Phi) is 5.16. The minimum absolute atomic E-state index is 0.0137. The average Bonchev–Trinajstić information content (AvgIpc) is 3.07. The van der Waals surface area contributed by atoms with Gasteiger partial charge in [-0.05, 0) is 17.7 Å². The van der Waals surface area contributed by atoms with Crippen molar-refractivity contribution in [3.8, 4) is 0 Å². The number of aromatic nitrogens is 2. The molecule has 1 aliphatic heterocycles. The standard InChI is InChI=1S/C16H19N3O5S/c1-18-11-14(10-17-18)16(20)24-12-13-3-2-4-15(9-13)25(21,22)19-5-7-23-8-6-19/h2-4,9-11H,5-8,12H2,1H3. The quantitative estimate of drug-likeness (QED) is 0.728. The average molecular weight is 365 g/mol. The van der Waals surface area contributed by atoms with Crippen molar-refractivity contribution >= 4 is 16.0 Å². The van der Waals surface area contributed by atoms with Gasteiger partial charge in [0, 0.05) is 26.3 Å². The Morgan fingerprint density at radius 2 is 2.08 bits per heavy atom. The van der Waals surface area contributed by atoms with E-state index in [1.54, 1.807) is 25.4 Å². The molecule has 0 amide bonds. The molecule has 1 aliphatic rings. The molecule has 1 fully saturated rings. The Balaban J connectivity index is 1.70. The van der Waals surface area contributed by atoms with E-state index in [2.05, 4.69) is 5.10 Å². The van der Waals surface area contributed by atoms with Crippen molar-refractivity contribution in [1.82, 2.24) is 14.1 Å². The van der Waals surface area contributed by atoms with Gasteiger partial charge >= 0.3 is 5.97 Å². The van der Waals surface area contributed by atoms with Gasteiger partial charge in [-0.25, -0.2) is 13.2 Å². The van der Waals surface area contributed by atoms with Crippen LogP contribution in [0.15, 0.2) is 41.6 Å². The van der Waals surface area contributed by atoms with Crippen LogP contribution in [0.25, 0.3) is 0 Å². The van der Waals surface area contributed by atoms with Crippen molar-refractivity contribution in [3.63, 3.8) is 0 Å². The molecule has 0 radical (unpaired) electrons. The molecule has 8 nitrogen and oxygen atoms in total. The molecule has 1 aromatic carbocycles. The number of sulfonamides is 1. The van der Waals surface area contributed by atoms with Crippen molar-refractivity contribution < 1.29 is 22.7 Å². The maximum atomic E-state index is 12.7. The summed E-state index contributed by atoms with van der Waals surface area (Å²) in [7, 11) is -1.87. The molecular weight excluding hydrogens is 346 g/mol. The summed E-state index contributed by atoms with van der Waals surface area (Å²) in [5.74, 6) is -0.505. The van der Waals surface area contributed by atoms with Crippen LogP contribution in [-0.4, -0.2) is 54.8 Å². The summed E-state index contributed by atoms with van der Waals surface area (Å²) >= 11 is 0. The topological polar surface area (TPSA) is 90.7 Å². The molecular formula is C16H19N3O5S. The van der Waals surface area contributed by atoms with E-state index in [1.165, 1.54) is 27.3 Å². The number of ether oxygens (including phenoxy) is 2. The number of hydrogen-bond acceptors (Lipinski definition) is 6. The van der Waals surface area contributed by atoms with E-state index in [4.69, 9.17) is 9.47 Å². The highest BCUT2D eigenvalue weighted by atomic mass is 32.2. The molecule has 2 heterocycles. The highest BCUT2D eigenvalue weighted by Crippen LogP contribution is 2.19. The second kappa shape index (κ2) is 7.34. The van der Waals surface area contributed by atoms with Gasteiger partial charge in [0.2, 0.25) is 10.0 Å². The van der Waals surface area contributed by atoms with Gasteiger partial charge in [0.05, 0.1) is 29.9 Å². The first-order chi connectivity index (χ1) is 12.0. The van der Waals surface area contributed by atoms with Gasteiger partial charge in [0.15, 0.2) is 0 Å². The number of esters is 1. The number of benzene rings is 1. The second-order valence-corrected chi connectivity index (χ2v) is 7.58. The molecule has 9 heteroatoms. The lowest BCUT2D eigenvalue weighted by Crippen LogP contribution is -2.40. The van der Waals surface area contributed by atoms with E-state index in [-0.39, 0.29) is 11.5 Å². The minimum Gasteiger partial charge on any atom is -0.457 e. The third kappa shape index (κ3) is 4.06. The molecule has 0 saturated carbocycles. The molecule has 0 atom stereocenters. The van der Waals surface area contributed by atoms with Crippen LogP contribution >= 0.6 is 0 Å². The van der Waals surface area contributed by atoms with Crippen molar-refractivity contribution in [2.24, 2.45) is 7.05 Å². The van der Waals surface area contributed by atoms with Gasteiger partial charge in [-0.2, -0.15) is 9.40 Å². The van der Waals surface area contributed by atoms with Crippen LogP contribution in [-0.2, 0) is 33.2 Å². The maximum absolute atomic E-state index is 12.7. The smallest absolute Gasteiger partial charge is 0.341 e. The fourth-order valence-electron chi connectivity index (χ4n) is 2.49. The SMILES string of the molecule is Cn1cc(C(=O)OCc2cccc(S(=O)(=O)N3CCOCC3)c2)cn1. The van der Waals surface area contributed by atoms with E-state index in [1.807, 2.05) is 0 Å². The molecule has 1 aromatic heterocycles. The summed E-state index contributed by atoms with van der Waals surface area (Å²) in [6, 6.07) is 6.42. The molecule has 0 N–H and O–H groups in total. The summed E-state index contributed by atoms with van der Waals surface area (Å²) in [6.45, 7) is 1.44. The van der Waals surface area contributed by atoms with Gasteiger partial charge in [0.25, 0.3) is 0 Å². The zero-order valence-electron chi connectivity index (χ0n) is 13.8. The van der Waals surface area contributed by atoms with Crippen LogP contribution in [0.3, 0.4) is 0 Å². The second-order valence-electron chi connectivity index (χ2n) is 5.64. The third-order valence-electron chi connectivity index (χ3n) is 3.82. The van der Waals surface area contributed by atoms with Crippen LogP contribution in [0.5, 0.6) is 0 Å². The maximum Gasteiger partial charge on any atom is 0.341 e. The van der Waals surface area contributed by atoms with E-state index in [0.29, 0.717) is 37.4 Å². The highest BCUT2D eigenvalue weighted by Gasteiger charge is 2.26. The fraction of sp³-hybridized carbons (Fsp3) is 0.375. The van der Waals surface area contributed by atoms with Gasteiger partial charge < -0.3 is 9.47 Å². The Labute approximate surface area is 146 Å². The lowest BCUT2D eigenvalue weighted by molar-refractivity contribution is 0.0472. The largest absolute Gasteiger partial charge is 0.457 e. The van der Waals surface area contributed by atoms with E-state index in [0.717, 1.165) is 0 Å². The first-order valence-corrected chi connectivity index (χ1v) is 9.23. The first kappa shape index (κ1) is 17.6. The number of carbonyl (C=O) groups excluding carboxylic acids is 1. The van der Waals surface area contributed by atoms with Crippen LogP contribution in [0.4, 0.5) is 0 Å². The number of rotatable bonds is 5. The molecule has 0 spiro atoms. The molecule has 0 unspecified atom stereocenters. The van der Waals surface area contributed by atoms with E-state index in [9.17, 15) is 13.2 Å². The predicted octanol–water partition coefficient (Wildman–Crippen LogP) is 0.798. The monoisotopic (exact) mass is 365 g/mol. The zero-order valence-corrected chi connectivity index (χ0v) is 14.6. The number of hydrogen-bond donors (Lipinski definition) is 0. The molecule has 25 heavy (non-hydrogen) atoms. The van der Waals surface area contributed by atoms with Gasteiger partial charge in [-0.1, -0.05) is 12.1 Å².